The molecule has 0 aromatic rings. The van der Waals surface area contributed by atoms with Crippen LogP contribution in [-0.2, 0) is 9.53 Å². The van der Waals surface area contributed by atoms with E-state index in [4.69, 9.17) is 4.74 Å². The van der Waals surface area contributed by atoms with Gasteiger partial charge in [-0.3, -0.25) is 9.69 Å². The first-order valence-electron chi connectivity index (χ1n) is 6.12. The lowest BCUT2D eigenvalue weighted by atomic mass is 10.2. The summed E-state index contributed by atoms with van der Waals surface area (Å²) >= 11 is 3.43. The van der Waals surface area contributed by atoms with E-state index in [0.29, 0.717) is 0 Å². The predicted octanol–water partition coefficient (Wildman–Crippen LogP) is 1.34. The van der Waals surface area contributed by atoms with Crippen LogP contribution >= 0.6 is 15.9 Å². The quantitative estimate of drug-likeness (QED) is 0.735. The Morgan fingerprint density at radius 2 is 1.82 bits per heavy atom. The summed E-state index contributed by atoms with van der Waals surface area (Å²) in [5.41, 5.74) is -0.243. The molecule has 0 N–H and O–H groups in total. The fraction of sp³-hybridized carbons (Fsp3) is 0.917. The van der Waals surface area contributed by atoms with Crippen molar-refractivity contribution in [3.63, 3.8) is 0 Å². The van der Waals surface area contributed by atoms with Gasteiger partial charge in [-0.15, -0.1) is 0 Å². The third-order valence-corrected chi connectivity index (χ3v) is 3.11. The first-order chi connectivity index (χ1) is 7.92. The normalized spacial score (nSPS) is 18.5. The molecule has 0 radical (unpaired) electrons. The van der Waals surface area contributed by atoms with E-state index in [1.807, 2.05) is 25.7 Å². The van der Waals surface area contributed by atoms with E-state index in [9.17, 15) is 4.79 Å². The minimum Gasteiger partial charge on any atom is -0.366 e. The molecule has 0 aliphatic carbocycles. The lowest BCUT2D eigenvalue weighted by Gasteiger charge is -2.34. The number of carbonyl (C=O) groups is 1. The Kier molecular flexibility index (Phi) is 5.89. The highest BCUT2D eigenvalue weighted by molar-refractivity contribution is 9.09. The van der Waals surface area contributed by atoms with Crippen LogP contribution in [0.5, 0.6) is 0 Å². The third-order valence-electron chi connectivity index (χ3n) is 2.75. The first-order valence-corrected chi connectivity index (χ1v) is 7.24. The summed E-state index contributed by atoms with van der Waals surface area (Å²) in [6, 6.07) is 0. The zero-order valence-corrected chi connectivity index (χ0v) is 12.6. The number of nitrogens with zero attached hydrogens (tertiary/aromatic N) is 2. The SMILES string of the molecule is CC(C)(C)OCC(=O)N1CCN(CCBr)CC1. The van der Waals surface area contributed by atoms with Crippen molar-refractivity contribution in [1.82, 2.24) is 9.80 Å². The van der Waals surface area contributed by atoms with Crippen LogP contribution in [0.3, 0.4) is 0 Å². The van der Waals surface area contributed by atoms with E-state index < -0.39 is 0 Å². The molecule has 0 saturated carbocycles. The average molecular weight is 307 g/mol. The molecule has 17 heavy (non-hydrogen) atoms. The van der Waals surface area contributed by atoms with Gasteiger partial charge in [-0.25, -0.2) is 0 Å². The maximum absolute atomic E-state index is 11.9. The zero-order chi connectivity index (χ0) is 12.9. The topological polar surface area (TPSA) is 32.8 Å². The number of alkyl halides is 1. The molecule has 100 valence electrons. The Hall–Kier alpha value is -0.130. The molecule has 0 spiro atoms. The molecule has 1 saturated heterocycles. The Morgan fingerprint density at radius 1 is 1.24 bits per heavy atom. The number of piperazine rings is 1. The van der Waals surface area contributed by atoms with Crippen molar-refractivity contribution in [2.75, 3.05) is 44.7 Å². The smallest absolute Gasteiger partial charge is 0.248 e. The molecule has 1 amide bonds. The van der Waals surface area contributed by atoms with Crippen LogP contribution in [0.2, 0.25) is 0 Å². The molecule has 1 aliphatic rings. The van der Waals surface area contributed by atoms with Gasteiger partial charge in [0.05, 0.1) is 5.60 Å². The molecule has 0 unspecified atom stereocenters. The average Bonchev–Trinajstić information content (AvgIpc) is 2.26. The molecular weight excluding hydrogens is 284 g/mol. The number of carbonyl (C=O) groups excluding carboxylic acids is 1. The molecule has 0 aromatic heterocycles. The van der Waals surface area contributed by atoms with E-state index in [0.717, 1.165) is 38.1 Å². The van der Waals surface area contributed by atoms with Crippen LogP contribution in [0, 0.1) is 0 Å². The summed E-state index contributed by atoms with van der Waals surface area (Å²) in [7, 11) is 0. The van der Waals surface area contributed by atoms with Gasteiger partial charge in [0.2, 0.25) is 5.91 Å². The summed E-state index contributed by atoms with van der Waals surface area (Å²) in [6.45, 7) is 10.7. The molecule has 5 heteroatoms. The van der Waals surface area contributed by atoms with Gasteiger partial charge in [-0.1, -0.05) is 15.9 Å². The molecule has 1 fully saturated rings. The Labute approximate surface area is 112 Å². The Morgan fingerprint density at radius 3 is 2.29 bits per heavy atom. The van der Waals surface area contributed by atoms with Crippen molar-refractivity contribution in [1.29, 1.82) is 0 Å². The zero-order valence-electron chi connectivity index (χ0n) is 11.0. The second-order valence-corrected chi connectivity index (χ2v) is 6.11. The number of halogens is 1. The maximum atomic E-state index is 11.9. The molecular formula is C12H23BrN2O2. The molecule has 1 rings (SSSR count). The van der Waals surface area contributed by atoms with Crippen LogP contribution < -0.4 is 0 Å². The number of rotatable bonds is 4. The minimum absolute atomic E-state index is 0.110. The van der Waals surface area contributed by atoms with Crippen molar-refractivity contribution in [3.8, 4) is 0 Å². The predicted molar refractivity (Wildman–Crippen MR) is 72.5 cm³/mol. The van der Waals surface area contributed by atoms with Gasteiger partial charge in [0.1, 0.15) is 6.61 Å². The summed E-state index contributed by atoms with van der Waals surface area (Å²) in [5, 5.41) is 0.994. The fourth-order valence-electron chi connectivity index (χ4n) is 1.71. The largest absolute Gasteiger partial charge is 0.366 e. The Balaban J connectivity index is 2.26. The number of hydrogen-bond donors (Lipinski definition) is 0. The molecule has 4 nitrogen and oxygen atoms in total. The lowest BCUT2D eigenvalue weighted by molar-refractivity contribution is -0.142. The molecule has 0 aromatic carbocycles. The van der Waals surface area contributed by atoms with Gasteiger partial charge < -0.3 is 9.64 Å². The van der Waals surface area contributed by atoms with E-state index in [-0.39, 0.29) is 18.1 Å². The third kappa shape index (κ3) is 5.84. The van der Waals surface area contributed by atoms with Crippen LogP contribution in [0.25, 0.3) is 0 Å². The van der Waals surface area contributed by atoms with Crippen LogP contribution in [0.1, 0.15) is 20.8 Å². The van der Waals surface area contributed by atoms with Crippen molar-refractivity contribution in [2.24, 2.45) is 0 Å². The minimum atomic E-state index is -0.243. The van der Waals surface area contributed by atoms with Gasteiger partial charge >= 0.3 is 0 Å². The van der Waals surface area contributed by atoms with Gasteiger partial charge in [-0.05, 0) is 20.8 Å². The monoisotopic (exact) mass is 306 g/mol. The highest BCUT2D eigenvalue weighted by atomic mass is 79.9. The number of ether oxygens (including phenoxy) is 1. The van der Waals surface area contributed by atoms with Crippen LogP contribution in [0.15, 0.2) is 0 Å². The van der Waals surface area contributed by atoms with Crippen LogP contribution in [0.4, 0.5) is 0 Å². The summed E-state index contributed by atoms with van der Waals surface area (Å²) in [4.78, 5) is 16.1. The second-order valence-electron chi connectivity index (χ2n) is 5.31. The van der Waals surface area contributed by atoms with Crippen LogP contribution in [-0.4, -0.2) is 66.0 Å². The first kappa shape index (κ1) is 14.9. The Bertz CT molecular complexity index is 245. The fourth-order valence-corrected chi connectivity index (χ4v) is 2.21. The lowest BCUT2D eigenvalue weighted by Crippen LogP contribution is -2.50. The van der Waals surface area contributed by atoms with E-state index in [1.165, 1.54) is 0 Å². The second kappa shape index (κ2) is 6.71. The summed E-state index contributed by atoms with van der Waals surface area (Å²) < 4.78 is 5.51. The number of amides is 1. The maximum Gasteiger partial charge on any atom is 0.248 e. The van der Waals surface area contributed by atoms with Gasteiger partial charge in [0.15, 0.2) is 0 Å². The van der Waals surface area contributed by atoms with Crippen molar-refractivity contribution < 1.29 is 9.53 Å². The number of hydrogen-bond acceptors (Lipinski definition) is 3. The van der Waals surface area contributed by atoms with Gasteiger partial charge in [-0.2, -0.15) is 0 Å². The van der Waals surface area contributed by atoms with Crippen molar-refractivity contribution >= 4 is 21.8 Å². The highest BCUT2D eigenvalue weighted by Crippen LogP contribution is 2.08. The molecule has 1 heterocycles. The molecule has 1 aliphatic heterocycles. The van der Waals surface area contributed by atoms with E-state index in [1.54, 1.807) is 0 Å². The summed E-state index contributed by atoms with van der Waals surface area (Å²) in [5.74, 6) is 0.110. The summed E-state index contributed by atoms with van der Waals surface area (Å²) in [6.07, 6.45) is 0. The van der Waals surface area contributed by atoms with Crippen molar-refractivity contribution in [2.45, 2.75) is 26.4 Å². The van der Waals surface area contributed by atoms with Gasteiger partial charge in [0, 0.05) is 38.1 Å². The van der Waals surface area contributed by atoms with Gasteiger partial charge in [0.25, 0.3) is 0 Å². The standard InChI is InChI=1S/C12H23BrN2O2/c1-12(2,3)17-10-11(16)15-8-6-14(5-4-13)7-9-15/h4-10H2,1-3H3. The van der Waals surface area contributed by atoms with Crippen molar-refractivity contribution in [3.05, 3.63) is 0 Å². The molecule has 0 bridgehead atoms. The molecule has 0 atom stereocenters. The van der Waals surface area contributed by atoms with E-state index in [2.05, 4.69) is 20.8 Å². The van der Waals surface area contributed by atoms with E-state index >= 15 is 0 Å². The highest BCUT2D eigenvalue weighted by Gasteiger charge is 2.22.